The zero-order valence-electron chi connectivity index (χ0n) is 16.3. The van der Waals surface area contributed by atoms with E-state index in [4.69, 9.17) is 11.6 Å². The molecule has 4 rings (SSSR count). The van der Waals surface area contributed by atoms with Gasteiger partial charge in [0.1, 0.15) is 17.5 Å². The van der Waals surface area contributed by atoms with Crippen molar-refractivity contribution < 1.29 is 18.0 Å². The van der Waals surface area contributed by atoms with E-state index in [-0.39, 0.29) is 35.9 Å². The minimum absolute atomic E-state index is 0.0283. The van der Waals surface area contributed by atoms with Crippen molar-refractivity contribution in [1.82, 2.24) is 29.9 Å². The van der Waals surface area contributed by atoms with Crippen molar-refractivity contribution in [3.63, 3.8) is 0 Å². The van der Waals surface area contributed by atoms with E-state index in [1.807, 2.05) is 0 Å². The Morgan fingerprint density at radius 3 is 2.61 bits per heavy atom. The fourth-order valence-corrected chi connectivity index (χ4v) is 3.60. The predicted molar refractivity (Wildman–Crippen MR) is 106 cm³/mol. The summed E-state index contributed by atoms with van der Waals surface area (Å²) in [6, 6.07) is 0.925. The van der Waals surface area contributed by atoms with Gasteiger partial charge in [-0.2, -0.15) is 15.0 Å². The maximum Gasteiger partial charge on any atom is 0.271 e. The van der Waals surface area contributed by atoms with Gasteiger partial charge in [-0.3, -0.25) is 4.79 Å². The molecule has 1 aliphatic heterocycles. The summed E-state index contributed by atoms with van der Waals surface area (Å²) >= 11 is 5.73. The fraction of sp³-hybridized carbons (Fsp3) is 0.316. The summed E-state index contributed by atoms with van der Waals surface area (Å²) in [5, 5.41) is 11.0. The molecule has 0 aliphatic carbocycles. The molecule has 0 saturated carbocycles. The molecule has 1 aromatic carbocycles. The molecule has 0 bridgehead atoms. The zero-order chi connectivity index (χ0) is 22.2. The van der Waals surface area contributed by atoms with Crippen molar-refractivity contribution >= 4 is 23.5 Å². The first-order chi connectivity index (χ1) is 14.8. The number of nitrogens with zero attached hydrogens (tertiary/aromatic N) is 6. The Bertz CT molecular complexity index is 1090. The van der Waals surface area contributed by atoms with Crippen LogP contribution in [0.1, 0.15) is 22.3 Å². The summed E-state index contributed by atoms with van der Waals surface area (Å²) in [5.41, 5.74) is 0.274. The summed E-state index contributed by atoms with van der Waals surface area (Å²) < 4.78 is 43.4. The number of hydrogen-bond acceptors (Lipinski definition) is 6. The lowest BCUT2D eigenvalue weighted by molar-refractivity contribution is -0.0249. The average molecular weight is 452 g/mol. The van der Waals surface area contributed by atoms with Crippen molar-refractivity contribution in [1.29, 1.82) is 0 Å². The van der Waals surface area contributed by atoms with Crippen LogP contribution in [0.2, 0.25) is 5.02 Å². The lowest BCUT2D eigenvalue weighted by Crippen LogP contribution is -2.47. The molecule has 3 aromatic rings. The summed E-state index contributed by atoms with van der Waals surface area (Å²) in [7, 11) is 0. The Kier molecular flexibility index (Phi) is 5.52. The molecule has 162 valence electrons. The second-order valence-electron chi connectivity index (χ2n) is 7.02. The fourth-order valence-electron chi connectivity index (χ4n) is 3.51. The monoisotopic (exact) mass is 451 g/mol. The number of halogens is 4. The molecule has 1 aliphatic rings. The third-order valence-electron chi connectivity index (χ3n) is 5.10. The SMILES string of the molecule is Cc1c(F)ccc(C(=O)N2CCC(F)(F)C2CNc2ncc(Cl)cn2)c1-n1nccn1. The summed E-state index contributed by atoms with van der Waals surface area (Å²) in [4.78, 5) is 23.3. The van der Waals surface area contributed by atoms with Crippen molar-refractivity contribution in [2.75, 3.05) is 18.4 Å². The summed E-state index contributed by atoms with van der Waals surface area (Å²) in [6.45, 7) is 1.03. The molecule has 1 N–H and O–H groups in total. The number of rotatable bonds is 5. The average Bonchev–Trinajstić information content (AvgIpc) is 3.37. The lowest BCUT2D eigenvalue weighted by atomic mass is 10.1. The molecular formula is C19H17ClF3N7O. The molecular weight excluding hydrogens is 435 g/mol. The molecule has 1 unspecified atom stereocenters. The smallest absolute Gasteiger partial charge is 0.271 e. The number of carbonyl (C=O) groups excluding carboxylic acids is 1. The van der Waals surface area contributed by atoms with Crippen LogP contribution in [0.25, 0.3) is 5.69 Å². The predicted octanol–water partition coefficient (Wildman–Crippen LogP) is 3.12. The molecule has 31 heavy (non-hydrogen) atoms. The summed E-state index contributed by atoms with van der Waals surface area (Å²) in [5.74, 6) is -4.25. The van der Waals surface area contributed by atoms with E-state index in [0.717, 1.165) is 15.8 Å². The molecule has 1 atom stereocenters. The van der Waals surface area contributed by atoms with Crippen LogP contribution in [0, 0.1) is 12.7 Å². The summed E-state index contributed by atoms with van der Waals surface area (Å²) in [6.07, 6.45) is 4.92. The van der Waals surface area contributed by atoms with Gasteiger partial charge in [-0.1, -0.05) is 11.6 Å². The molecule has 3 heterocycles. The van der Waals surface area contributed by atoms with Gasteiger partial charge in [-0.05, 0) is 19.1 Å². The number of anilines is 1. The van der Waals surface area contributed by atoms with Crippen LogP contribution in [0.15, 0.2) is 36.9 Å². The zero-order valence-corrected chi connectivity index (χ0v) is 17.0. The van der Waals surface area contributed by atoms with Gasteiger partial charge in [-0.25, -0.2) is 23.1 Å². The van der Waals surface area contributed by atoms with Gasteiger partial charge < -0.3 is 10.2 Å². The highest BCUT2D eigenvalue weighted by atomic mass is 35.5. The largest absolute Gasteiger partial charge is 0.352 e. The van der Waals surface area contributed by atoms with Crippen LogP contribution in [0.4, 0.5) is 19.1 Å². The molecule has 1 saturated heterocycles. The second-order valence-corrected chi connectivity index (χ2v) is 7.45. The van der Waals surface area contributed by atoms with E-state index in [1.165, 1.54) is 37.8 Å². The molecule has 0 radical (unpaired) electrons. The Hall–Kier alpha value is -3.21. The van der Waals surface area contributed by atoms with Crippen LogP contribution in [-0.4, -0.2) is 60.8 Å². The highest BCUT2D eigenvalue weighted by Gasteiger charge is 2.51. The molecule has 2 aromatic heterocycles. The quantitative estimate of drug-likeness (QED) is 0.641. The van der Waals surface area contributed by atoms with Crippen LogP contribution in [0.3, 0.4) is 0 Å². The van der Waals surface area contributed by atoms with Gasteiger partial charge in [0.25, 0.3) is 11.8 Å². The lowest BCUT2D eigenvalue weighted by Gasteiger charge is -2.28. The third-order valence-corrected chi connectivity index (χ3v) is 5.29. The third kappa shape index (κ3) is 4.05. The number of alkyl halides is 2. The first-order valence-electron chi connectivity index (χ1n) is 9.34. The van der Waals surface area contributed by atoms with Crippen LogP contribution in [-0.2, 0) is 0 Å². The van der Waals surface area contributed by atoms with Gasteiger partial charge in [-0.15, -0.1) is 0 Å². The van der Waals surface area contributed by atoms with E-state index in [0.29, 0.717) is 5.02 Å². The standard InChI is InChI=1S/C19H17ClF3N7O/c1-11-14(21)3-2-13(16(11)30-27-5-6-28-30)17(31)29-7-4-19(22,23)15(29)10-26-18-24-8-12(20)9-25-18/h2-3,5-6,8-9,15H,4,7,10H2,1H3,(H,24,25,26). The Morgan fingerprint density at radius 2 is 1.94 bits per heavy atom. The first-order valence-corrected chi connectivity index (χ1v) is 9.72. The van der Waals surface area contributed by atoms with Crippen LogP contribution in [0.5, 0.6) is 0 Å². The van der Waals surface area contributed by atoms with E-state index in [9.17, 15) is 18.0 Å². The Balaban J connectivity index is 1.64. The molecule has 12 heteroatoms. The van der Waals surface area contributed by atoms with Gasteiger partial charge in [0.05, 0.1) is 35.4 Å². The molecule has 0 spiro atoms. The second kappa shape index (κ2) is 8.14. The highest BCUT2D eigenvalue weighted by Crippen LogP contribution is 2.36. The number of benzene rings is 1. The minimum atomic E-state index is -3.13. The first kappa shape index (κ1) is 21.0. The number of carbonyl (C=O) groups is 1. The number of likely N-dealkylation sites (tertiary alicyclic amines) is 1. The normalized spacial score (nSPS) is 17.7. The van der Waals surface area contributed by atoms with Gasteiger partial charge in [0.2, 0.25) is 5.95 Å². The number of amides is 1. The van der Waals surface area contributed by atoms with Crippen molar-refractivity contribution in [2.24, 2.45) is 0 Å². The minimum Gasteiger partial charge on any atom is -0.352 e. The van der Waals surface area contributed by atoms with E-state index in [2.05, 4.69) is 25.5 Å². The maximum atomic E-state index is 14.6. The molecule has 1 fully saturated rings. The van der Waals surface area contributed by atoms with Crippen LogP contribution >= 0.6 is 11.6 Å². The van der Waals surface area contributed by atoms with Gasteiger partial charge in [0.15, 0.2) is 0 Å². The van der Waals surface area contributed by atoms with Crippen LogP contribution < -0.4 is 5.32 Å². The van der Waals surface area contributed by atoms with Gasteiger partial charge >= 0.3 is 0 Å². The van der Waals surface area contributed by atoms with Crippen molar-refractivity contribution in [3.8, 4) is 5.69 Å². The van der Waals surface area contributed by atoms with E-state index >= 15 is 0 Å². The van der Waals surface area contributed by atoms with Gasteiger partial charge in [0, 0.05) is 25.1 Å². The van der Waals surface area contributed by atoms with E-state index < -0.39 is 30.1 Å². The number of hydrogen-bond donors (Lipinski definition) is 1. The highest BCUT2D eigenvalue weighted by molar-refractivity contribution is 6.30. The Labute approximate surface area is 180 Å². The number of aromatic nitrogens is 5. The molecule has 1 amide bonds. The van der Waals surface area contributed by atoms with Crippen molar-refractivity contribution in [2.45, 2.75) is 25.3 Å². The number of nitrogens with one attached hydrogen (secondary N) is 1. The Morgan fingerprint density at radius 1 is 1.26 bits per heavy atom. The van der Waals surface area contributed by atoms with E-state index in [1.54, 1.807) is 0 Å². The topological polar surface area (TPSA) is 88.8 Å². The maximum absolute atomic E-state index is 14.6. The molecule has 8 nitrogen and oxygen atoms in total. The van der Waals surface area contributed by atoms with Crippen molar-refractivity contribution in [3.05, 3.63) is 58.9 Å².